The number of aromatic nitrogens is 1. The van der Waals surface area contributed by atoms with Crippen molar-refractivity contribution in [3.05, 3.63) is 83.1 Å². The Balaban J connectivity index is 2.04. The first-order chi connectivity index (χ1) is 14.9. The molecule has 6 nitrogen and oxygen atoms in total. The van der Waals surface area contributed by atoms with Gasteiger partial charge in [-0.1, -0.05) is 41.9 Å². The normalized spacial score (nSPS) is 12.6. The molecule has 12 heteroatoms. The van der Waals surface area contributed by atoms with Crippen molar-refractivity contribution in [2.45, 2.75) is 33.8 Å². The molecule has 0 bridgehead atoms. The summed E-state index contributed by atoms with van der Waals surface area (Å²) in [5.41, 5.74) is -0.172. The molecule has 3 rings (SSSR count). The zero-order valence-corrected chi connectivity index (χ0v) is 18.6. The standard InChI is InChI=1S/C20H16ClF3N2O4S2/c21-19-9-6-14(12-25-19)13-26-32(29,30)18-10-17(8-7-15(18)11-20(22,23)24)31(27,28)16-4-2-1-3-5-16/h1-10,12,26H,11,13H2. The molecule has 2 aromatic carbocycles. The first-order valence-corrected chi connectivity index (χ1v) is 12.3. The molecule has 1 aromatic heterocycles. The lowest BCUT2D eigenvalue weighted by Crippen LogP contribution is -2.26. The van der Waals surface area contributed by atoms with Gasteiger partial charge in [-0.3, -0.25) is 0 Å². The summed E-state index contributed by atoms with van der Waals surface area (Å²) < 4.78 is 92.8. The third-order valence-corrected chi connectivity index (χ3v) is 7.81. The molecule has 1 heterocycles. The minimum atomic E-state index is -4.70. The third-order valence-electron chi connectivity index (χ3n) is 4.34. The number of sulfonamides is 1. The Kier molecular flexibility index (Phi) is 6.94. The highest BCUT2D eigenvalue weighted by molar-refractivity contribution is 7.91. The van der Waals surface area contributed by atoms with Crippen LogP contribution in [0.5, 0.6) is 0 Å². The molecule has 0 atom stereocenters. The van der Waals surface area contributed by atoms with Crippen LogP contribution in [0.3, 0.4) is 0 Å². The molecule has 0 saturated heterocycles. The van der Waals surface area contributed by atoms with Crippen LogP contribution in [0.1, 0.15) is 11.1 Å². The van der Waals surface area contributed by atoms with Crippen molar-refractivity contribution in [1.29, 1.82) is 0 Å². The lowest BCUT2D eigenvalue weighted by atomic mass is 10.1. The lowest BCUT2D eigenvalue weighted by Gasteiger charge is -2.15. The molecule has 0 aliphatic carbocycles. The largest absolute Gasteiger partial charge is 0.393 e. The molecular formula is C20H16ClF3N2O4S2. The Labute approximate surface area is 188 Å². The fraction of sp³-hybridized carbons (Fsp3) is 0.150. The smallest absolute Gasteiger partial charge is 0.244 e. The van der Waals surface area contributed by atoms with Crippen LogP contribution in [0, 0.1) is 0 Å². The molecular weight excluding hydrogens is 489 g/mol. The maximum absolute atomic E-state index is 13.0. The molecule has 1 N–H and O–H groups in total. The number of nitrogens with zero attached hydrogens (tertiary/aromatic N) is 1. The van der Waals surface area contributed by atoms with Crippen LogP contribution in [0.4, 0.5) is 13.2 Å². The van der Waals surface area contributed by atoms with Crippen LogP contribution < -0.4 is 4.72 Å². The number of alkyl halides is 3. The number of rotatable bonds is 7. The molecule has 0 radical (unpaired) electrons. The third kappa shape index (κ3) is 5.85. The zero-order valence-electron chi connectivity index (χ0n) is 16.2. The van der Waals surface area contributed by atoms with E-state index in [2.05, 4.69) is 9.71 Å². The van der Waals surface area contributed by atoms with Crippen LogP contribution in [0.25, 0.3) is 0 Å². The average molecular weight is 505 g/mol. The van der Waals surface area contributed by atoms with E-state index in [9.17, 15) is 30.0 Å². The predicted octanol–water partition coefficient (Wildman–Crippen LogP) is 4.15. The van der Waals surface area contributed by atoms with E-state index in [1.54, 1.807) is 6.07 Å². The Morgan fingerprint density at radius 1 is 0.906 bits per heavy atom. The summed E-state index contributed by atoms with van der Waals surface area (Å²) in [5.74, 6) is 0. The van der Waals surface area contributed by atoms with Crippen molar-refractivity contribution in [3.63, 3.8) is 0 Å². The number of sulfone groups is 1. The molecule has 0 unspecified atom stereocenters. The van der Waals surface area contributed by atoms with Gasteiger partial charge < -0.3 is 0 Å². The number of benzene rings is 2. The highest BCUT2D eigenvalue weighted by Crippen LogP contribution is 2.30. The second-order valence-corrected chi connectivity index (χ2v) is 10.8. The molecule has 0 aliphatic heterocycles. The van der Waals surface area contributed by atoms with E-state index in [1.807, 2.05) is 0 Å². The molecule has 0 amide bonds. The fourth-order valence-corrected chi connectivity index (χ4v) is 5.59. The Bertz CT molecular complexity index is 1310. The Morgan fingerprint density at radius 3 is 2.19 bits per heavy atom. The van der Waals surface area contributed by atoms with Crippen molar-refractivity contribution in [2.24, 2.45) is 0 Å². The SMILES string of the molecule is O=S(=O)(NCc1ccc(Cl)nc1)c1cc(S(=O)(=O)c2ccccc2)ccc1CC(F)(F)F. The minimum Gasteiger partial charge on any atom is -0.244 e. The van der Waals surface area contributed by atoms with Crippen molar-refractivity contribution >= 4 is 31.5 Å². The topological polar surface area (TPSA) is 93.2 Å². The van der Waals surface area contributed by atoms with E-state index in [1.165, 1.54) is 42.6 Å². The quantitative estimate of drug-likeness (QED) is 0.488. The Morgan fingerprint density at radius 2 is 1.59 bits per heavy atom. The monoisotopic (exact) mass is 504 g/mol. The van der Waals surface area contributed by atoms with Crippen LogP contribution in [-0.2, 0) is 32.8 Å². The fourth-order valence-electron chi connectivity index (χ4n) is 2.82. The summed E-state index contributed by atoms with van der Waals surface area (Å²) in [6.45, 7) is -0.284. The van der Waals surface area contributed by atoms with Crippen LogP contribution in [0.2, 0.25) is 5.15 Å². The van der Waals surface area contributed by atoms with Gasteiger partial charge in [-0.05, 0) is 41.5 Å². The van der Waals surface area contributed by atoms with E-state index in [-0.39, 0.29) is 16.6 Å². The van der Waals surface area contributed by atoms with Gasteiger partial charge >= 0.3 is 6.18 Å². The molecule has 0 saturated carbocycles. The van der Waals surface area contributed by atoms with Gasteiger partial charge in [0.15, 0.2) is 0 Å². The summed E-state index contributed by atoms with van der Waals surface area (Å²) >= 11 is 5.68. The van der Waals surface area contributed by atoms with Gasteiger partial charge in [-0.15, -0.1) is 0 Å². The van der Waals surface area contributed by atoms with E-state index < -0.39 is 47.8 Å². The van der Waals surface area contributed by atoms with E-state index >= 15 is 0 Å². The summed E-state index contributed by atoms with van der Waals surface area (Å²) in [4.78, 5) is 2.47. The first kappa shape index (κ1) is 24.2. The van der Waals surface area contributed by atoms with Gasteiger partial charge in [-0.2, -0.15) is 13.2 Å². The first-order valence-electron chi connectivity index (χ1n) is 8.98. The number of halogens is 4. The minimum absolute atomic E-state index is 0.118. The second-order valence-electron chi connectivity index (χ2n) is 6.69. The van der Waals surface area contributed by atoms with E-state index in [0.717, 1.165) is 18.2 Å². The van der Waals surface area contributed by atoms with Crippen molar-refractivity contribution in [2.75, 3.05) is 0 Å². The van der Waals surface area contributed by atoms with Gasteiger partial charge in [0.25, 0.3) is 0 Å². The van der Waals surface area contributed by atoms with Gasteiger partial charge in [0, 0.05) is 12.7 Å². The van der Waals surface area contributed by atoms with Crippen molar-refractivity contribution in [3.8, 4) is 0 Å². The number of pyridine rings is 1. The highest BCUT2D eigenvalue weighted by Gasteiger charge is 2.32. The van der Waals surface area contributed by atoms with Gasteiger partial charge in [0.1, 0.15) is 5.15 Å². The summed E-state index contributed by atoms with van der Waals surface area (Å²) in [6.07, 6.45) is -4.95. The molecule has 3 aromatic rings. The van der Waals surface area contributed by atoms with E-state index in [0.29, 0.717) is 5.56 Å². The number of hydrogen-bond donors (Lipinski definition) is 1. The maximum Gasteiger partial charge on any atom is 0.393 e. The van der Waals surface area contributed by atoms with Crippen LogP contribution >= 0.6 is 11.6 Å². The van der Waals surface area contributed by atoms with Gasteiger partial charge in [0.2, 0.25) is 19.9 Å². The number of hydrogen-bond acceptors (Lipinski definition) is 5. The predicted molar refractivity (Wildman–Crippen MR) is 111 cm³/mol. The molecule has 32 heavy (non-hydrogen) atoms. The lowest BCUT2D eigenvalue weighted by molar-refractivity contribution is -0.127. The van der Waals surface area contributed by atoms with Gasteiger partial charge in [-0.25, -0.2) is 26.5 Å². The van der Waals surface area contributed by atoms with Crippen LogP contribution in [0.15, 0.2) is 81.5 Å². The maximum atomic E-state index is 13.0. The molecule has 0 aliphatic rings. The summed E-state index contributed by atoms with van der Waals surface area (Å²) in [5, 5.41) is 0.183. The molecule has 170 valence electrons. The van der Waals surface area contributed by atoms with E-state index in [4.69, 9.17) is 11.6 Å². The summed E-state index contributed by atoms with van der Waals surface area (Å²) in [6, 6.07) is 12.6. The van der Waals surface area contributed by atoms with Crippen molar-refractivity contribution in [1.82, 2.24) is 9.71 Å². The Hall–Kier alpha value is -2.47. The number of nitrogens with one attached hydrogen (secondary N) is 1. The average Bonchev–Trinajstić information content (AvgIpc) is 2.73. The van der Waals surface area contributed by atoms with Gasteiger partial charge in [0.05, 0.1) is 21.1 Å². The van der Waals surface area contributed by atoms with Crippen LogP contribution in [-0.4, -0.2) is 28.0 Å². The molecule has 0 spiro atoms. The summed E-state index contributed by atoms with van der Waals surface area (Å²) in [7, 11) is -8.66. The highest BCUT2D eigenvalue weighted by atomic mass is 35.5. The van der Waals surface area contributed by atoms with Crippen molar-refractivity contribution < 1.29 is 30.0 Å². The molecule has 0 fully saturated rings. The zero-order chi connectivity index (χ0) is 23.6. The second kappa shape index (κ2) is 9.18.